The number of carbonyl (C=O) groups is 2. The Morgan fingerprint density at radius 1 is 1.33 bits per heavy atom. The molecule has 2 amide bonds. The molecule has 1 atom stereocenters. The van der Waals surface area contributed by atoms with Crippen LogP contribution in [0, 0.1) is 5.92 Å². The third-order valence-corrected chi connectivity index (χ3v) is 4.24. The highest BCUT2D eigenvalue weighted by molar-refractivity contribution is 5.96. The van der Waals surface area contributed by atoms with Gasteiger partial charge in [-0.2, -0.15) is 13.2 Å². The van der Waals surface area contributed by atoms with E-state index in [9.17, 15) is 22.8 Å². The molecular weight excluding hydrogens is 321 g/mol. The Balaban J connectivity index is 1.97. The number of amides is 2. The van der Waals surface area contributed by atoms with Crippen LogP contribution in [0.5, 0.6) is 0 Å². The number of benzene rings is 1. The van der Waals surface area contributed by atoms with Gasteiger partial charge in [0, 0.05) is 18.2 Å². The minimum atomic E-state index is -4.51. The molecule has 132 valence electrons. The van der Waals surface area contributed by atoms with E-state index in [4.69, 9.17) is 0 Å². The Morgan fingerprint density at radius 2 is 2.04 bits per heavy atom. The van der Waals surface area contributed by atoms with Crippen molar-refractivity contribution in [2.45, 2.75) is 38.9 Å². The lowest BCUT2D eigenvalue weighted by Crippen LogP contribution is -2.44. The maximum absolute atomic E-state index is 12.7. The van der Waals surface area contributed by atoms with E-state index in [1.165, 1.54) is 12.1 Å². The van der Waals surface area contributed by atoms with E-state index in [0.29, 0.717) is 12.5 Å². The van der Waals surface area contributed by atoms with Gasteiger partial charge < -0.3 is 10.2 Å². The summed E-state index contributed by atoms with van der Waals surface area (Å²) in [5.41, 5.74) is -1.000. The smallest absolute Gasteiger partial charge is 0.343 e. The minimum Gasteiger partial charge on any atom is -0.343 e. The van der Waals surface area contributed by atoms with Crippen molar-refractivity contribution in [1.29, 1.82) is 0 Å². The highest BCUT2D eigenvalue weighted by atomic mass is 19.4. The van der Waals surface area contributed by atoms with E-state index >= 15 is 0 Å². The molecular formula is C17H21F3N2O2. The van der Waals surface area contributed by atoms with Crippen molar-refractivity contribution in [3.63, 3.8) is 0 Å². The molecule has 1 aromatic rings. The van der Waals surface area contributed by atoms with Gasteiger partial charge in [0.05, 0.1) is 12.1 Å². The van der Waals surface area contributed by atoms with Crippen LogP contribution in [0.1, 0.15) is 42.6 Å². The van der Waals surface area contributed by atoms with Crippen LogP contribution in [0.2, 0.25) is 0 Å². The summed E-state index contributed by atoms with van der Waals surface area (Å²) in [5.74, 6) is -0.558. The summed E-state index contributed by atoms with van der Waals surface area (Å²) < 4.78 is 38.0. The molecule has 0 aliphatic carbocycles. The standard InChI is InChI=1S/C17H21F3N2O2/c1-11(2)14-7-4-8-22(14)15(23)10-21-16(24)12-5-3-6-13(9-12)17(18,19)20/h3,5-6,9,11,14H,4,7-8,10H2,1-2H3,(H,21,24)/t14-/m0/s1. The van der Waals surface area contributed by atoms with Crippen LogP contribution in [0.4, 0.5) is 13.2 Å². The fourth-order valence-electron chi connectivity index (χ4n) is 2.99. The van der Waals surface area contributed by atoms with Crippen LogP contribution in [0.3, 0.4) is 0 Å². The lowest BCUT2D eigenvalue weighted by molar-refractivity contribution is -0.137. The van der Waals surface area contributed by atoms with Crippen LogP contribution >= 0.6 is 0 Å². The SMILES string of the molecule is CC(C)[C@@H]1CCCN1C(=O)CNC(=O)c1cccc(C(F)(F)F)c1. The molecule has 24 heavy (non-hydrogen) atoms. The topological polar surface area (TPSA) is 49.4 Å². The molecule has 1 N–H and O–H groups in total. The predicted octanol–water partition coefficient (Wildman–Crippen LogP) is 3.08. The van der Waals surface area contributed by atoms with Crippen molar-refractivity contribution in [1.82, 2.24) is 10.2 Å². The Kier molecular flexibility index (Phi) is 5.51. The number of alkyl halides is 3. The third kappa shape index (κ3) is 4.27. The second kappa shape index (κ2) is 7.23. The molecule has 2 rings (SSSR count). The van der Waals surface area contributed by atoms with Gasteiger partial charge in [-0.25, -0.2) is 0 Å². The first-order valence-corrected chi connectivity index (χ1v) is 7.95. The first-order valence-electron chi connectivity index (χ1n) is 7.95. The maximum Gasteiger partial charge on any atom is 0.416 e. The van der Waals surface area contributed by atoms with Crippen molar-refractivity contribution in [3.8, 4) is 0 Å². The van der Waals surface area contributed by atoms with Gasteiger partial charge in [0.15, 0.2) is 0 Å². The number of rotatable bonds is 4. The van der Waals surface area contributed by atoms with Gasteiger partial charge >= 0.3 is 6.18 Å². The minimum absolute atomic E-state index is 0.112. The van der Waals surface area contributed by atoms with Crippen molar-refractivity contribution in [2.24, 2.45) is 5.92 Å². The summed E-state index contributed by atoms with van der Waals surface area (Å²) in [7, 11) is 0. The molecule has 1 heterocycles. The van der Waals surface area contributed by atoms with Crippen LogP contribution in [0.15, 0.2) is 24.3 Å². The summed E-state index contributed by atoms with van der Waals surface area (Å²) in [5, 5.41) is 2.42. The highest BCUT2D eigenvalue weighted by Crippen LogP contribution is 2.29. The van der Waals surface area contributed by atoms with E-state index in [-0.39, 0.29) is 24.1 Å². The molecule has 1 saturated heterocycles. The van der Waals surface area contributed by atoms with Gasteiger partial charge in [0.1, 0.15) is 0 Å². The quantitative estimate of drug-likeness (QED) is 0.914. The van der Waals surface area contributed by atoms with E-state index in [1.54, 1.807) is 4.90 Å². The van der Waals surface area contributed by atoms with Crippen molar-refractivity contribution in [2.75, 3.05) is 13.1 Å². The Bertz CT molecular complexity index is 614. The van der Waals surface area contributed by atoms with E-state index in [0.717, 1.165) is 25.0 Å². The molecule has 0 spiro atoms. The molecule has 4 nitrogen and oxygen atoms in total. The monoisotopic (exact) mass is 342 g/mol. The summed E-state index contributed by atoms with van der Waals surface area (Å²) in [6, 6.07) is 4.31. The number of hydrogen-bond donors (Lipinski definition) is 1. The van der Waals surface area contributed by atoms with Gasteiger partial charge in [-0.3, -0.25) is 9.59 Å². The van der Waals surface area contributed by atoms with Gasteiger partial charge in [-0.15, -0.1) is 0 Å². The fraction of sp³-hybridized carbons (Fsp3) is 0.529. The maximum atomic E-state index is 12.7. The number of nitrogens with zero attached hydrogens (tertiary/aromatic N) is 1. The molecule has 0 radical (unpaired) electrons. The predicted molar refractivity (Wildman–Crippen MR) is 83.4 cm³/mol. The Morgan fingerprint density at radius 3 is 2.67 bits per heavy atom. The Labute approximate surface area is 139 Å². The second-order valence-electron chi connectivity index (χ2n) is 6.30. The van der Waals surface area contributed by atoms with Crippen molar-refractivity contribution < 1.29 is 22.8 Å². The number of halogens is 3. The first kappa shape index (κ1) is 18.3. The lowest BCUT2D eigenvalue weighted by Gasteiger charge is -2.27. The molecule has 7 heteroatoms. The van der Waals surface area contributed by atoms with Crippen molar-refractivity contribution in [3.05, 3.63) is 35.4 Å². The largest absolute Gasteiger partial charge is 0.416 e. The van der Waals surface area contributed by atoms with Crippen LogP contribution < -0.4 is 5.32 Å². The van der Waals surface area contributed by atoms with Crippen molar-refractivity contribution >= 4 is 11.8 Å². The molecule has 0 aromatic heterocycles. The number of nitrogens with one attached hydrogen (secondary N) is 1. The first-order chi connectivity index (χ1) is 11.2. The molecule has 1 fully saturated rings. The van der Waals surface area contributed by atoms with Crippen LogP contribution in [0.25, 0.3) is 0 Å². The highest BCUT2D eigenvalue weighted by Gasteiger charge is 2.32. The average Bonchev–Trinajstić information content (AvgIpc) is 3.01. The molecule has 0 unspecified atom stereocenters. The zero-order valence-corrected chi connectivity index (χ0v) is 13.7. The fourth-order valence-corrected chi connectivity index (χ4v) is 2.99. The van der Waals surface area contributed by atoms with E-state index in [1.807, 2.05) is 13.8 Å². The van der Waals surface area contributed by atoms with E-state index < -0.39 is 17.6 Å². The van der Waals surface area contributed by atoms with Gasteiger partial charge in [-0.05, 0) is 37.0 Å². The molecule has 1 aliphatic rings. The molecule has 1 aromatic carbocycles. The summed E-state index contributed by atoms with van der Waals surface area (Å²) in [6.07, 6.45) is -2.65. The molecule has 1 aliphatic heterocycles. The van der Waals surface area contributed by atoms with Crippen LogP contribution in [-0.4, -0.2) is 35.8 Å². The van der Waals surface area contributed by atoms with Gasteiger partial charge in [-0.1, -0.05) is 19.9 Å². The van der Waals surface area contributed by atoms with E-state index in [2.05, 4.69) is 5.32 Å². The second-order valence-corrected chi connectivity index (χ2v) is 6.30. The molecule has 0 saturated carbocycles. The number of carbonyl (C=O) groups excluding carboxylic acids is 2. The zero-order valence-electron chi connectivity index (χ0n) is 13.7. The number of hydrogen-bond acceptors (Lipinski definition) is 2. The van der Waals surface area contributed by atoms with Crippen LogP contribution in [-0.2, 0) is 11.0 Å². The third-order valence-electron chi connectivity index (χ3n) is 4.24. The van der Waals surface area contributed by atoms with Gasteiger partial charge in [0.2, 0.25) is 5.91 Å². The van der Waals surface area contributed by atoms with Gasteiger partial charge in [0.25, 0.3) is 5.91 Å². The average molecular weight is 342 g/mol. The zero-order chi connectivity index (χ0) is 17.9. The normalized spacial score (nSPS) is 18.1. The Hall–Kier alpha value is -2.05. The summed E-state index contributed by atoms with van der Waals surface area (Å²) in [6.45, 7) is 4.52. The molecule has 0 bridgehead atoms. The summed E-state index contributed by atoms with van der Waals surface area (Å²) in [4.78, 5) is 26.0. The lowest BCUT2D eigenvalue weighted by atomic mass is 10.0. The number of likely N-dealkylation sites (tertiary alicyclic amines) is 1. The summed E-state index contributed by atoms with van der Waals surface area (Å²) >= 11 is 0.